The summed E-state index contributed by atoms with van der Waals surface area (Å²) in [5.41, 5.74) is 0.150. The van der Waals surface area contributed by atoms with Crippen LogP contribution in [0.4, 0.5) is 19.3 Å². The van der Waals surface area contributed by atoms with Gasteiger partial charge >= 0.3 is 6.03 Å². The number of carbonyl (C=O) groups is 1. The highest BCUT2D eigenvalue weighted by molar-refractivity contribution is 5.92. The molecule has 1 atom stereocenters. The van der Waals surface area contributed by atoms with E-state index in [2.05, 4.69) is 21.7 Å². The van der Waals surface area contributed by atoms with E-state index in [4.69, 9.17) is 14.2 Å². The van der Waals surface area contributed by atoms with Crippen LogP contribution in [0.3, 0.4) is 0 Å². The molecule has 0 radical (unpaired) electrons. The molecular weight excluding hydrogens is 470 g/mol. The zero-order chi connectivity index (χ0) is 25.3. The fraction of sp³-hybridized carbons (Fsp3) is 0.192. The van der Waals surface area contributed by atoms with Crippen molar-refractivity contribution in [3.63, 3.8) is 0 Å². The second-order valence-corrected chi connectivity index (χ2v) is 8.19. The number of amides is 2. The Morgan fingerprint density at radius 3 is 2.72 bits per heavy atom. The Labute approximate surface area is 204 Å². The minimum absolute atomic E-state index is 0.0410. The number of allylic oxidation sites excluding steroid dienone is 1. The van der Waals surface area contributed by atoms with Crippen LogP contribution in [-0.4, -0.2) is 31.3 Å². The third-order valence-corrected chi connectivity index (χ3v) is 6.01. The number of aromatic nitrogens is 1. The van der Waals surface area contributed by atoms with Gasteiger partial charge in [-0.1, -0.05) is 0 Å². The highest BCUT2D eigenvalue weighted by Crippen LogP contribution is 2.51. The van der Waals surface area contributed by atoms with Gasteiger partial charge in [0.05, 0.1) is 17.7 Å². The molecule has 0 spiro atoms. The van der Waals surface area contributed by atoms with Crippen LogP contribution in [0.2, 0.25) is 0 Å². The SMILES string of the molecule is COCCOc1cc2nccc(C3(NC(=O)Nc4ccc(F)cc4)CC=C4OC3=C4F)c2cc1C#N. The standard InChI is InChI=1S/C26H20F2N4O4/c1-34-10-11-35-22-13-20-18(12-15(22)14-29)19(7-9-30-20)26(8-6-21-23(28)24(26)36-21)32-25(33)31-17-4-2-16(27)3-5-17/h2-7,9,12-13H,8,10-11H2,1H3,(H2,31,32,33). The highest BCUT2D eigenvalue weighted by Gasteiger charge is 2.51. The van der Waals surface area contributed by atoms with Crippen LogP contribution in [0.1, 0.15) is 17.5 Å². The van der Waals surface area contributed by atoms with Crippen LogP contribution >= 0.6 is 0 Å². The Morgan fingerprint density at radius 2 is 2.03 bits per heavy atom. The summed E-state index contributed by atoms with van der Waals surface area (Å²) in [4.78, 5) is 17.4. The van der Waals surface area contributed by atoms with Crippen molar-refractivity contribution in [2.24, 2.45) is 0 Å². The molecule has 2 aliphatic heterocycles. The molecule has 2 bridgehead atoms. The van der Waals surface area contributed by atoms with E-state index in [0.29, 0.717) is 34.5 Å². The molecule has 3 aliphatic rings. The molecule has 182 valence electrons. The maximum Gasteiger partial charge on any atom is 0.320 e. The normalized spacial score (nSPS) is 18.0. The highest BCUT2D eigenvalue weighted by atomic mass is 19.1. The molecule has 36 heavy (non-hydrogen) atoms. The third-order valence-electron chi connectivity index (χ3n) is 6.01. The van der Waals surface area contributed by atoms with Crippen molar-refractivity contribution in [2.75, 3.05) is 25.6 Å². The number of nitriles is 1. The molecule has 2 amide bonds. The molecule has 3 aromatic rings. The Balaban J connectivity index is 1.57. The van der Waals surface area contributed by atoms with Crippen molar-refractivity contribution in [1.82, 2.24) is 10.3 Å². The largest absolute Gasteiger partial charge is 0.490 e. The summed E-state index contributed by atoms with van der Waals surface area (Å²) < 4.78 is 44.4. The summed E-state index contributed by atoms with van der Waals surface area (Å²) in [5.74, 6) is -0.598. The Kier molecular flexibility index (Phi) is 6.00. The third kappa shape index (κ3) is 3.99. The van der Waals surface area contributed by atoms with Gasteiger partial charge in [0.15, 0.2) is 11.5 Å². The molecule has 0 saturated heterocycles. The van der Waals surface area contributed by atoms with E-state index >= 15 is 0 Å². The number of urea groups is 1. The Morgan fingerprint density at radius 1 is 1.22 bits per heavy atom. The summed E-state index contributed by atoms with van der Waals surface area (Å²) in [6.07, 6.45) is 3.29. The lowest BCUT2D eigenvalue weighted by Gasteiger charge is -2.44. The lowest BCUT2D eigenvalue weighted by atomic mass is 9.77. The van der Waals surface area contributed by atoms with E-state index in [0.717, 1.165) is 0 Å². The summed E-state index contributed by atoms with van der Waals surface area (Å²) >= 11 is 0. The van der Waals surface area contributed by atoms with Gasteiger partial charge in [-0.3, -0.25) is 4.98 Å². The molecule has 2 N–H and O–H groups in total. The van der Waals surface area contributed by atoms with Gasteiger partial charge in [0.2, 0.25) is 5.83 Å². The minimum atomic E-state index is -1.41. The molecule has 3 heterocycles. The zero-order valence-electron chi connectivity index (χ0n) is 19.1. The molecule has 0 saturated carbocycles. The first-order valence-corrected chi connectivity index (χ1v) is 11.0. The number of anilines is 1. The van der Waals surface area contributed by atoms with Gasteiger partial charge in [-0.25, -0.2) is 9.18 Å². The number of rotatable bonds is 7. The van der Waals surface area contributed by atoms with E-state index in [1.807, 2.05) is 0 Å². The average molecular weight is 490 g/mol. The Hall–Kier alpha value is -4.49. The summed E-state index contributed by atoms with van der Waals surface area (Å²) in [5, 5.41) is 15.7. The number of benzene rings is 2. The first-order chi connectivity index (χ1) is 17.4. The molecule has 1 aliphatic carbocycles. The number of fused-ring (bicyclic) bond motifs is 3. The molecule has 1 aromatic heterocycles. The van der Waals surface area contributed by atoms with Crippen LogP contribution < -0.4 is 15.4 Å². The predicted molar refractivity (Wildman–Crippen MR) is 126 cm³/mol. The van der Waals surface area contributed by atoms with Crippen molar-refractivity contribution >= 4 is 22.6 Å². The van der Waals surface area contributed by atoms with Crippen LogP contribution in [0.25, 0.3) is 10.9 Å². The average Bonchev–Trinajstić information content (AvgIpc) is 2.88. The lowest BCUT2D eigenvalue weighted by molar-refractivity contribution is 0.124. The monoisotopic (exact) mass is 490 g/mol. The van der Waals surface area contributed by atoms with Crippen molar-refractivity contribution in [3.8, 4) is 11.8 Å². The van der Waals surface area contributed by atoms with Crippen LogP contribution in [-0.2, 0) is 15.0 Å². The number of methoxy groups -OCH3 is 1. The number of halogens is 2. The second kappa shape index (κ2) is 9.28. The number of hydrogen-bond acceptors (Lipinski definition) is 6. The maximum atomic E-state index is 14.9. The molecule has 0 fully saturated rings. The van der Waals surface area contributed by atoms with Crippen molar-refractivity contribution < 1.29 is 27.8 Å². The molecule has 8 nitrogen and oxygen atoms in total. The fourth-order valence-corrected chi connectivity index (χ4v) is 4.29. The molecule has 10 heteroatoms. The Bertz CT molecular complexity index is 1460. The van der Waals surface area contributed by atoms with Crippen molar-refractivity contribution in [1.29, 1.82) is 5.26 Å². The smallest absolute Gasteiger partial charge is 0.320 e. The van der Waals surface area contributed by atoms with E-state index in [-0.39, 0.29) is 30.1 Å². The van der Waals surface area contributed by atoms with E-state index in [1.165, 1.54) is 30.5 Å². The van der Waals surface area contributed by atoms with Crippen molar-refractivity contribution in [3.05, 3.63) is 89.0 Å². The number of carbonyl (C=O) groups excluding carboxylic acids is 1. The molecule has 1 unspecified atom stereocenters. The van der Waals surface area contributed by atoms with E-state index in [9.17, 15) is 18.8 Å². The topological polar surface area (TPSA) is 106 Å². The summed E-state index contributed by atoms with van der Waals surface area (Å²) in [6, 6.07) is 11.6. The second-order valence-electron chi connectivity index (χ2n) is 8.19. The van der Waals surface area contributed by atoms with Gasteiger partial charge in [0.25, 0.3) is 0 Å². The maximum absolute atomic E-state index is 14.9. The van der Waals surface area contributed by atoms with E-state index in [1.54, 1.807) is 31.4 Å². The van der Waals surface area contributed by atoms with Gasteiger partial charge in [0.1, 0.15) is 29.8 Å². The molecule has 6 rings (SSSR count). The molecule has 2 aromatic carbocycles. The van der Waals surface area contributed by atoms with Crippen LogP contribution in [0.15, 0.2) is 72.1 Å². The van der Waals surface area contributed by atoms with Crippen molar-refractivity contribution in [2.45, 2.75) is 12.0 Å². The zero-order valence-corrected chi connectivity index (χ0v) is 19.1. The first kappa shape index (κ1) is 23.3. The van der Waals surface area contributed by atoms with Gasteiger partial charge in [-0.2, -0.15) is 9.65 Å². The first-order valence-electron chi connectivity index (χ1n) is 11.0. The number of pyridine rings is 1. The minimum Gasteiger partial charge on any atom is -0.490 e. The summed E-state index contributed by atoms with van der Waals surface area (Å²) in [6.45, 7) is 0.580. The van der Waals surface area contributed by atoms with Gasteiger partial charge in [-0.05, 0) is 48.0 Å². The van der Waals surface area contributed by atoms with Crippen LogP contribution in [0.5, 0.6) is 5.75 Å². The predicted octanol–water partition coefficient (Wildman–Crippen LogP) is 4.79. The fourth-order valence-electron chi connectivity index (χ4n) is 4.29. The number of hydrogen-bond donors (Lipinski definition) is 2. The van der Waals surface area contributed by atoms with Gasteiger partial charge in [0, 0.05) is 36.9 Å². The number of nitrogens with one attached hydrogen (secondary N) is 2. The summed E-state index contributed by atoms with van der Waals surface area (Å²) in [7, 11) is 1.54. The van der Waals surface area contributed by atoms with Gasteiger partial charge < -0.3 is 24.8 Å². The van der Waals surface area contributed by atoms with Crippen LogP contribution in [0, 0.1) is 17.1 Å². The van der Waals surface area contributed by atoms with Gasteiger partial charge in [-0.15, -0.1) is 0 Å². The number of ether oxygens (including phenoxy) is 3. The number of nitrogens with zero attached hydrogens (tertiary/aromatic N) is 2. The lowest BCUT2D eigenvalue weighted by Crippen LogP contribution is -2.53. The molecular formula is C26H20F2N4O4. The van der Waals surface area contributed by atoms with E-state index < -0.39 is 23.2 Å². The quantitative estimate of drug-likeness (QED) is 0.462.